The standard InChI is InChI=1S/C16H20Si/c1-13-9-11-15(12-10-13)17-16(2,3)14-7-5-4-6-8-14/h4-12H,17H2,1-3H3. The van der Waals surface area contributed by atoms with Crippen molar-refractivity contribution in [1.29, 1.82) is 0 Å². The molecule has 0 spiro atoms. The molecule has 0 saturated carbocycles. The molecule has 0 N–H and O–H groups in total. The fraction of sp³-hybridized carbons (Fsp3) is 0.250. The van der Waals surface area contributed by atoms with Crippen LogP contribution in [0.2, 0.25) is 0 Å². The van der Waals surface area contributed by atoms with Crippen molar-refractivity contribution in [3.63, 3.8) is 0 Å². The van der Waals surface area contributed by atoms with E-state index in [0.29, 0.717) is 5.04 Å². The third-order valence-corrected chi connectivity index (χ3v) is 5.49. The number of aryl methyl sites for hydroxylation is 1. The zero-order valence-corrected chi connectivity index (χ0v) is 12.3. The van der Waals surface area contributed by atoms with Gasteiger partial charge < -0.3 is 0 Å². The molecule has 88 valence electrons. The Morgan fingerprint density at radius 3 is 2.00 bits per heavy atom. The van der Waals surface area contributed by atoms with Gasteiger partial charge in [-0.25, -0.2) is 0 Å². The second-order valence-corrected chi connectivity index (χ2v) is 8.35. The van der Waals surface area contributed by atoms with Crippen LogP contribution in [0.25, 0.3) is 0 Å². The van der Waals surface area contributed by atoms with Gasteiger partial charge in [0.1, 0.15) is 0 Å². The van der Waals surface area contributed by atoms with Crippen LogP contribution in [0.1, 0.15) is 25.0 Å². The van der Waals surface area contributed by atoms with Crippen LogP contribution in [0.4, 0.5) is 0 Å². The second-order valence-electron chi connectivity index (χ2n) is 5.41. The third kappa shape index (κ3) is 3.07. The smallest absolute Gasteiger partial charge is 0.0655 e. The van der Waals surface area contributed by atoms with Crippen LogP contribution in [0.15, 0.2) is 54.6 Å². The van der Waals surface area contributed by atoms with E-state index >= 15 is 0 Å². The van der Waals surface area contributed by atoms with Crippen LogP contribution in [-0.4, -0.2) is 9.52 Å². The summed E-state index contributed by atoms with van der Waals surface area (Å²) in [6, 6.07) is 19.9. The summed E-state index contributed by atoms with van der Waals surface area (Å²) in [6.07, 6.45) is 0. The summed E-state index contributed by atoms with van der Waals surface area (Å²) < 4.78 is 0. The molecule has 1 heteroatoms. The second kappa shape index (κ2) is 4.88. The maximum atomic E-state index is 2.37. The van der Waals surface area contributed by atoms with E-state index < -0.39 is 0 Å². The van der Waals surface area contributed by atoms with Crippen LogP contribution in [-0.2, 0) is 5.04 Å². The van der Waals surface area contributed by atoms with Crippen LogP contribution < -0.4 is 5.19 Å². The Balaban J connectivity index is 2.20. The van der Waals surface area contributed by atoms with Gasteiger partial charge in [0.05, 0.1) is 9.52 Å². The lowest BCUT2D eigenvalue weighted by Gasteiger charge is -2.25. The topological polar surface area (TPSA) is 0 Å². The number of hydrogen-bond donors (Lipinski definition) is 0. The molecule has 0 bridgehead atoms. The molecule has 0 atom stereocenters. The minimum absolute atomic E-state index is 0.298. The minimum Gasteiger partial charge on any atom is -0.0660 e. The molecule has 0 aliphatic heterocycles. The fourth-order valence-corrected chi connectivity index (χ4v) is 4.14. The van der Waals surface area contributed by atoms with Crippen LogP contribution in [0.5, 0.6) is 0 Å². The average Bonchev–Trinajstić information content (AvgIpc) is 2.33. The zero-order valence-electron chi connectivity index (χ0n) is 10.9. The molecule has 0 radical (unpaired) electrons. The molecule has 17 heavy (non-hydrogen) atoms. The third-order valence-electron chi connectivity index (χ3n) is 3.32. The molecule has 0 heterocycles. The van der Waals surface area contributed by atoms with E-state index in [-0.39, 0.29) is 9.52 Å². The van der Waals surface area contributed by atoms with Gasteiger partial charge in [-0.15, -0.1) is 0 Å². The summed E-state index contributed by atoms with van der Waals surface area (Å²) in [7, 11) is -0.298. The highest BCUT2D eigenvalue weighted by atomic mass is 28.2. The number of benzene rings is 2. The van der Waals surface area contributed by atoms with Crippen molar-refractivity contribution in [1.82, 2.24) is 0 Å². The van der Waals surface area contributed by atoms with Crippen molar-refractivity contribution in [2.75, 3.05) is 0 Å². The predicted molar refractivity (Wildman–Crippen MR) is 78.8 cm³/mol. The highest BCUT2D eigenvalue weighted by Gasteiger charge is 2.21. The first-order valence-corrected chi connectivity index (χ1v) is 7.60. The molecule has 0 nitrogen and oxygen atoms in total. The molecule has 0 fully saturated rings. The lowest BCUT2D eigenvalue weighted by molar-refractivity contribution is 0.756. The van der Waals surface area contributed by atoms with Gasteiger partial charge in [-0.05, 0) is 17.5 Å². The summed E-state index contributed by atoms with van der Waals surface area (Å²) in [5, 5.41) is 1.88. The van der Waals surface area contributed by atoms with Gasteiger partial charge >= 0.3 is 0 Å². The molecule has 0 unspecified atom stereocenters. The van der Waals surface area contributed by atoms with Crippen molar-refractivity contribution in [3.8, 4) is 0 Å². The lowest BCUT2D eigenvalue weighted by atomic mass is 10.0. The van der Waals surface area contributed by atoms with Gasteiger partial charge in [-0.2, -0.15) is 0 Å². The van der Waals surface area contributed by atoms with E-state index in [1.165, 1.54) is 11.1 Å². The average molecular weight is 240 g/mol. The SMILES string of the molecule is Cc1ccc([SiH2]C(C)(C)c2ccccc2)cc1. The molecular weight excluding hydrogens is 220 g/mol. The van der Waals surface area contributed by atoms with Gasteiger partial charge in [-0.3, -0.25) is 0 Å². The predicted octanol–water partition coefficient (Wildman–Crippen LogP) is 2.72. The highest BCUT2D eigenvalue weighted by Crippen LogP contribution is 2.21. The first-order chi connectivity index (χ1) is 8.08. The van der Waals surface area contributed by atoms with Gasteiger partial charge in [0, 0.05) is 0 Å². The van der Waals surface area contributed by atoms with Crippen molar-refractivity contribution in [3.05, 3.63) is 65.7 Å². The van der Waals surface area contributed by atoms with Crippen molar-refractivity contribution in [2.24, 2.45) is 0 Å². The normalized spacial score (nSPS) is 12.2. The number of hydrogen-bond acceptors (Lipinski definition) is 0. The minimum atomic E-state index is -0.298. The first kappa shape index (κ1) is 12.1. The molecular formula is C16H20Si. The van der Waals surface area contributed by atoms with Gasteiger partial charge in [0.25, 0.3) is 0 Å². The van der Waals surface area contributed by atoms with Crippen LogP contribution in [0.3, 0.4) is 0 Å². The largest absolute Gasteiger partial charge is 0.0660 e. The van der Waals surface area contributed by atoms with Gasteiger partial charge in [0.15, 0.2) is 0 Å². The summed E-state index contributed by atoms with van der Waals surface area (Å²) in [4.78, 5) is 0. The number of rotatable bonds is 3. The van der Waals surface area contributed by atoms with E-state index in [1.807, 2.05) is 0 Å². The molecule has 2 aromatic rings. The molecule has 2 rings (SSSR count). The van der Waals surface area contributed by atoms with Gasteiger partial charge in [0.2, 0.25) is 0 Å². The Bertz CT molecular complexity index is 469. The van der Waals surface area contributed by atoms with E-state index in [1.54, 1.807) is 5.19 Å². The van der Waals surface area contributed by atoms with E-state index in [0.717, 1.165) is 0 Å². The van der Waals surface area contributed by atoms with Crippen LogP contribution >= 0.6 is 0 Å². The van der Waals surface area contributed by atoms with E-state index in [2.05, 4.69) is 75.4 Å². The molecule has 0 aliphatic rings. The Hall–Kier alpha value is -1.34. The molecule has 0 aromatic heterocycles. The Labute approximate surface area is 107 Å². The zero-order chi connectivity index (χ0) is 12.3. The highest BCUT2D eigenvalue weighted by molar-refractivity contribution is 6.56. The Morgan fingerprint density at radius 1 is 0.824 bits per heavy atom. The monoisotopic (exact) mass is 240 g/mol. The fourth-order valence-electron chi connectivity index (χ4n) is 2.21. The van der Waals surface area contributed by atoms with Crippen LogP contribution in [0, 0.1) is 6.92 Å². The van der Waals surface area contributed by atoms with Crippen molar-refractivity contribution >= 4 is 14.7 Å². The summed E-state index contributed by atoms with van der Waals surface area (Å²) in [5.74, 6) is 0. The van der Waals surface area contributed by atoms with E-state index in [9.17, 15) is 0 Å². The van der Waals surface area contributed by atoms with E-state index in [4.69, 9.17) is 0 Å². The maximum absolute atomic E-state index is 2.37. The summed E-state index contributed by atoms with van der Waals surface area (Å²) >= 11 is 0. The summed E-state index contributed by atoms with van der Waals surface area (Å²) in [5.41, 5.74) is 2.81. The quantitative estimate of drug-likeness (QED) is 0.724. The van der Waals surface area contributed by atoms with Crippen molar-refractivity contribution in [2.45, 2.75) is 25.8 Å². The molecule has 2 aromatic carbocycles. The van der Waals surface area contributed by atoms with Crippen molar-refractivity contribution < 1.29 is 0 Å². The van der Waals surface area contributed by atoms with Gasteiger partial charge in [-0.1, -0.05) is 79.2 Å². The first-order valence-electron chi connectivity index (χ1n) is 6.19. The maximum Gasteiger partial charge on any atom is 0.0655 e. The molecule has 0 saturated heterocycles. The lowest BCUT2D eigenvalue weighted by Crippen LogP contribution is -2.34. The Morgan fingerprint density at radius 2 is 1.41 bits per heavy atom. The Kier molecular flexibility index (Phi) is 3.48. The summed E-state index contributed by atoms with van der Waals surface area (Å²) in [6.45, 7) is 6.89. The molecule has 0 amide bonds. The molecule has 0 aliphatic carbocycles.